The van der Waals surface area contributed by atoms with Crippen molar-refractivity contribution in [2.75, 3.05) is 11.9 Å². The third-order valence-corrected chi connectivity index (χ3v) is 7.05. The number of nitrogens with zero attached hydrogens (tertiary/aromatic N) is 5. The molecule has 2 N–H and O–H groups in total. The first-order valence-electron chi connectivity index (χ1n) is 12.7. The largest absolute Gasteiger partial charge is 0.383 e. The molecule has 0 fully saturated rings. The lowest BCUT2D eigenvalue weighted by Crippen LogP contribution is -2.42. The van der Waals surface area contributed by atoms with Gasteiger partial charge in [-0.1, -0.05) is 19.9 Å². The van der Waals surface area contributed by atoms with Gasteiger partial charge >= 0.3 is 0 Å². The van der Waals surface area contributed by atoms with E-state index in [9.17, 15) is 19.1 Å². The summed E-state index contributed by atoms with van der Waals surface area (Å²) in [5.41, 5.74) is 1.90. The number of carbonyl (C=O) groups excluding carboxylic acids is 2. The quantitative estimate of drug-likeness (QED) is 0.529. The van der Waals surface area contributed by atoms with Gasteiger partial charge in [-0.2, -0.15) is 0 Å². The molecule has 0 saturated carbocycles. The first-order chi connectivity index (χ1) is 17.7. The number of halogens is 1. The highest BCUT2D eigenvalue weighted by Crippen LogP contribution is 2.30. The maximum atomic E-state index is 14.9. The summed E-state index contributed by atoms with van der Waals surface area (Å²) < 4.78 is 17.0. The molecular formula is C27H31FN6O3. The lowest BCUT2D eigenvalue weighted by Gasteiger charge is -2.31. The van der Waals surface area contributed by atoms with E-state index in [4.69, 9.17) is 0 Å². The van der Waals surface area contributed by atoms with Crippen molar-refractivity contribution >= 4 is 17.6 Å². The maximum Gasteiger partial charge on any atom is 0.259 e. The molecule has 0 saturated heterocycles. The number of carbonyl (C=O) groups is 2. The number of pyridine rings is 1. The van der Waals surface area contributed by atoms with Crippen LogP contribution in [0.5, 0.6) is 0 Å². The Balaban J connectivity index is 1.34. The van der Waals surface area contributed by atoms with Crippen LogP contribution in [-0.4, -0.2) is 54.2 Å². The lowest BCUT2D eigenvalue weighted by atomic mass is 9.95. The molecule has 0 unspecified atom stereocenters. The van der Waals surface area contributed by atoms with Crippen molar-refractivity contribution < 1.29 is 19.1 Å². The summed E-state index contributed by atoms with van der Waals surface area (Å²) in [6, 6.07) is 8.32. The second-order valence-corrected chi connectivity index (χ2v) is 10.3. The van der Waals surface area contributed by atoms with Gasteiger partial charge in [0.1, 0.15) is 29.3 Å². The summed E-state index contributed by atoms with van der Waals surface area (Å²) in [7, 11) is 0. The molecule has 0 bridgehead atoms. The Hall–Kier alpha value is -3.66. The first-order valence-corrected chi connectivity index (χ1v) is 12.7. The number of anilines is 1. The van der Waals surface area contributed by atoms with Crippen LogP contribution in [-0.2, 0) is 24.2 Å². The van der Waals surface area contributed by atoms with E-state index in [0.29, 0.717) is 36.5 Å². The molecular weight excluding hydrogens is 475 g/mol. The van der Waals surface area contributed by atoms with Gasteiger partial charge in [0.2, 0.25) is 0 Å². The number of nitrogens with one attached hydrogen (secondary N) is 1. The third kappa shape index (κ3) is 4.98. The number of aliphatic hydroxyl groups excluding tert-OH is 1. The lowest BCUT2D eigenvalue weighted by molar-refractivity contribution is -0.141. The predicted molar refractivity (Wildman–Crippen MR) is 135 cm³/mol. The van der Waals surface area contributed by atoms with Crippen LogP contribution in [0.25, 0.3) is 11.5 Å². The van der Waals surface area contributed by atoms with Crippen molar-refractivity contribution in [1.29, 1.82) is 0 Å². The zero-order valence-electron chi connectivity index (χ0n) is 21.2. The molecule has 1 aromatic carbocycles. The van der Waals surface area contributed by atoms with E-state index in [-0.39, 0.29) is 35.8 Å². The standard InChI is InChI=1S/C27H31FN6O3/c1-15(2)11-22(35)27(37)33-10-9-17-13-20(28)19(12-18(17)14-33)26(36)30-23-6-4-5-21(29-23)25-32-31-24-8-7-16(3)34(24)25/h4-6,12-13,15-16,22,35H,7-11,14H2,1-3H3,(H,29,30,36)/t16-,22-/m0/s1. The Morgan fingerprint density at radius 1 is 1.19 bits per heavy atom. The summed E-state index contributed by atoms with van der Waals surface area (Å²) >= 11 is 0. The van der Waals surface area contributed by atoms with Crippen LogP contribution in [0.15, 0.2) is 30.3 Å². The minimum absolute atomic E-state index is 0.125. The molecule has 0 spiro atoms. The van der Waals surface area contributed by atoms with Crippen LogP contribution in [0.4, 0.5) is 10.2 Å². The van der Waals surface area contributed by atoms with Crippen molar-refractivity contribution in [3.8, 4) is 11.5 Å². The van der Waals surface area contributed by atoms with E-state index < -0.39 is 17.8 Å². The zero-order chi connectivity index (χ0) is 26.3. The second-order valence-electron chi connectivity index (χ2n) is 10.3. The third-order valence-electron chi connectivity index (χ3n) is 7.05. The van der Waals surface area contributed by atoms with Gasteiger partial charge in [-0.3, -0.25) is 9.59 Å². The molecule has 2 atom stereocenters. The maximum absolute atomic E-state index is 14.9. The monoisotopic (exact) mass is 506 g/mol. The number of aromatic nitrogens is 4. The van der Waals surface area contributed by atoms with E-state index in [0.717, 1.165) is 24.2 Å². The molecule has 3 aromatic rings. The second kappa shape index (κ2) is 10.0. The Bertz CT molecular complexity index is 1350. The van der Waals surface area contributed by atoms with E-state index in [2.05, 4.69) is 32.0 Å². The summed E-state index contributed by atoms with van der Waals surface area (Å²) in [5.74, 6) is 0.409. The number of aryl methyl sites for hydroxylation is 1. The van der Waals surface area contributed by atoms with Crippen LogP contribution >= 0.6 is 0 Å². The normalized spacial score (nSPS) is 17.5. The van der Waals surface area contributed by atoms with E-state index in [1.807, 2.05) is 13.8 Å². The highest BCUT2D eigenvalue weighted by molar-refractivity contribution is 6.04. The van der Waals surface area contributed by atoms with Crippen molar-refractivity contribution in [1.82, 2.24) is 24.6 Å². The van der Waals surface area contributed by atoms with Gasteiger partial charge in [0.15, 0.2) is 5.82 Å². The van der Waals surface area contributed by atoms with E-state index >= 15 is 0 Å². The average molecular weight is 507 g/mol. The number of hydrogen-bond donors (Lipinski definition) is 2. The van der Waals surface area contributed by atoms with Gasteiger partial charge in [-0.15, -0.1) is 10.2 Å². The Morgan fingerprint density at radius 3 is 2.78 bits per heavy atom. The van der Waals surface area contributed by atoms with Crippen molar-refractivity contribution in [3.63, 3.8) is 0 Å². The molecule has 10 heteroatoms. The Kier molecular flexibility index (Phi) is 6.76. The van der Waals surface area contributed by atoms with Crippen LogP contribution < -0.4 is 5.32 Å². The highest BCUT2D eigenvalue weighted by Gasteiger charge is 2.28. The highest BCUT2D eigenvalue weighted by atomic mass is 19.1. The van der Waals surface area contributed by atoms with E-state index in [1.54, 1.807) is 23.1 Å². The number of amides is 2. The van der Waals surface area contributed by atoms with Crippen molar-refractivity contribution in [3.05, 3.63) is 58.7 Å². The summed E-state index contributed by atoms with van der Waals surface area (Å²) in [4.78, 5) is 31.8. The van der Waals surface area contributed by atoms with E-state index in [1.165, 1.54) is 12.1 Å². The number of hydrogen-bond acceptors (Lipinski definition) is 6. The van der Waals surface area contributed by atoms with Crippen molar-refractivity contribution in [2.45, 2.75) is 65.1 Å². The SMILES string of the molecule is CC(C)C[C@H](O)C(=O)N1CCc2cc(F)c(C(=O)Nc3cccc(-c4nnc5n4[C@@H](C)CC5)n3)cc2C1. The molecule has 9 nitrogen and oxygen atoms in total. The number of fused-ring (bicyclic) bond motifs is 2. The van der Waals surface area contributed by atoms with Crippen LogP contribution in [0, 0.1) is 11.7 Å². The molecule has 2 aromatic heterocycles. The number of aliphatic hydroxyl groups is 1. The van der Waals surface area contributed by atoms with Gasteiger partial charge in [-0.05, 0) is 67.5 Å². The molecule has 0 radical (unpaired) electrons. The zero-order valence-corrected chi connectivity index (χ0v) is 21.2. The molecule has 4 heterocycles. The fourth-order valence-electron chi connectivity index (χ4n) is 5.11. The minimum Gasteiger partial charge on any atom is -0.383 e. The Labute approximate surface area is 214 Å². The first kappa shape index (κ1) is 25.0. The van der Waals surface area contributed by atoms with Crippen molar-refractivity contribution in [2.24, 2.45) is 5.92 Å². The minimum atomic E-state index is -1.07. The average Bonchev–Trinajstić information content (AvgIpc) is 3.45. The molecule has 2 aliphatic rings. The smallest absolute Gasteiger partial charge is 0.259 e. The van der Waals surface area contributed by atoms with Gasteiger partial charge in [-0.25, -0.2) is 9.37 Å². The van der Waals surface area contributed by atoms with Crippen LogP contribution in [0.1, 0.15) is 67.0 Å². The topological polar surface area (TPSA) is 113 Å². The van der Waals surface area contributed by atoms with Gasteiger partial charge in [0, 0.05) is 25.6 Å². The summed E-state index contributed by atoms with van der Waals surface area (Å²) in [6.07, 6.45) is 1.62. The molecule has 2 amide bonds. The predicted octanol–water partition coefficient (Wildman–Crippen LogP) is 3.53. The molecule has 0 aliphatic carbocycles. The van der Waals surface area contributed by atoms with Crippen LogP contribution in [0.2, 0.25) is 0 Å². The molecule has 2 aliphatic heterocycles. The van der Waals surface area contributed by atoms with Crippen LogP contribution in [0.3, 0.4) is 0 Å². The number of benzene rings is 1. The summed E-state index contributed by atoms with van der Waals surface area (Å²) in [5, 5.41) is 21.5. The molecule has 5 rings (SSSR count). The van der Waals surface area contributed by atoms with Gasteiger partial charge in [0.05, 0.1) is 5.56 Å². The fraction of sp³-hybridized carbons (Fsp3) is 0.444. The van der Waals surface area contributed by atoms with Gasteiger partial charge in [0.25, 0.3) is 11.8 Å². The number of rotatable bonds is 6. The summed E-state index contributed by atoms with van der Waals surface area (Å²) in [6.45, 7) is 6.60. The molecule has 194 valence electrons. The fourth-order valence-corrected chi connectivity index (χ4v) is 5.11. The van der Waals surface area contributed by atoms with Gasteiger partial charge < -0.3 is 19.9 Å². The molecule has 37 heavy (non-hydrogen) atoms. The Morgan fingerprint density at radius 2 is 2.00 bits per heavy atom.